The molecule has 0 radical (unpaired) electrons. The summed E-state index contributed by atoms with van der Waals surface area (Å²) >= 11 is 5.79. The predicted molar refractivity (Wildman–Crippen MR) is 117 cm³/mol. The summed E-state index contributed by atoms with van der Waals surface area (Å²) in [5.41, 5.74) is 3.33. The van der Waals surface area contributed by atoms with Crippen molar-refractivity contribution in [2.24, 2.45) is 0 Å². The Morgan fingerprint density at radius 1 is 1.07 bits per heavy atom. The molecule has 3 aromatic rings. The molecule has 2 aliphatic heterocycles. The smallest absolute Gasteiger partial charge is 0.170 e. The molecule has 0 saturated carbocycles. The normalized spacial score (nSPS) is 24.1. The first-order chi connectivity index (χ1) is 14.3. The zero-order chi connectivity index (χ0) is 19.6. The fourth-order valence-electron chi connectivity index (χ4n) is 4.39. The van der Waals surface area contributed by atoms with Crippen LogP contribution in [0.25, 0.3) is 5.69 Å². The van der Waals surface area contributed by atoms with Crippen molar-refractivity contribution in [2.45, 2.75) is 31.0 Å². The van der Waals surface area contributed by atoms with Crippen LogP contribution in [-0.4, -0.2) is 38.8 Å². The molecule has 2 fully saturated rings. The van der Waals surface area contributed by atoms with Crippen LogP contribution in [0.5, 0.6) is 0 Å². The Kier molecular flexibility index (Phi) is 5.04. The predicted octanol–water partition coefficient (Wildman–Crippen LogP) is 4.02. The van der Waals surface area contributed by atoms with Crippen LogP contribution in [0, 0.1) is 0 Å². The van der Waals surface area contributed by atoms with Gasteiger partial charge in [-0.3, -0.25) is 4.98 Å². The van der Waals surface area contributed by atoms with Crippen molar-refractivity contribution in [1.82, 2.24) is 19.8 Å². The minimum atomic E-state index is -0.0116. The van der Waals surface area contributed by atoms with Gasteiger partial charge in [-0.2, -0.15) is 0 Å². The highest BCUT2D eigenvalue weighted by Gasteiger charge is 2.42. The number of ether oxygens (including phenoxy) is 1. The molecule has 3 unspecified atom stereocenters. The highest BCUT2D eigenvalue weighted by molar-refractivity contribution is 7.80. The van der Waals surface area contributed by atoms with Crippen LogP contribution < -0.4 is 5.32 Å². The Morgan fingerprint density at radius 2 is 1.93 bits per heavy atom. The molecule has 1 aromatic carbocycles. The molecule has 0 bridgehead atoms. The molecule has 6 heteroatoms. The standard InChI is InChI=1S/C23H24N4OS/c29-23-25-21(19-11-4-5-13-24-19)22(27(23)16-18-10-7-15-28-18)20-12-6-14-26(20)17-8-2-1-3-9-17/h1-6,8-9,11-14,18,21-22H,7,10,15-16H2,(H,25,29). The van der Waals surface area contributed by atoms with Crippen LogP contribution in [0.3, 0.4) is 0 Å². The molecule has 0 spiro atoms. The van der Waals surface area contributed by atoms with Crippen molar-refractivity contribution in [3.05, 3.63) is 84.4 Å². The Hall–Kier alpha value is -2.70. The molecule has 2 aliphatic rings. The zero-order valence-corrected chi connectivity index (χ0v) is 17.0. The van der Waals surface area contributed by atoms with Crippen LogP contribution in [0.4, 0.5) is 0 Å². The molecule has 148 valence electrons. The lowest BCUT2D eigenvalue weighted by Gasteiger charge is -2.30. The van der Waals surface area contributed by atoms with E-state index in [1.165, 1.54) is 5.69 Å². The van der Waals surface area contributed by atoms with Gasteiger partial charge in [-0.15, -0.1) is 0 Å². The highest BCUT2D eigenvalue weighted by Crippen LogP contribution is 2.40. The summed E-state index contributed by atoms with van der Waals surface area (Å²) in [5, 5.41) is 4.30. The lowest BCUT2D eigenvalue weighted by atomic mass is 10.0. The average Bonchev–Trinajstić information content (AvgIpc) is 3.51. The summed E-state index contributed by atoms with van der Waals surface area (Å²) in [4.78, 5) is 6.93. The van der Waals surface area contributed by atoms with Crippen LogP contribution >= 0.6 is 12.2 Å². The highest BCUT2D eigenvalue weighted by atomic mass is 32.1. The summed E-state index contributed by atoms with van der Waals surface area (Å²) in [7, 11) is 0. The van der Waals surface area contributed by atoms with Gasteiger partial charge in [0, 0.05) is 36.9 Å². The third-order valence-corrected chi connectivity index (χ3v) is 6.09. The van der Waals surface area contributed by atoms with E-state index < -0.39 is 0 Å². The molecule has 29 heavy (non-hydrogen) atoms. The van der Waals surface area contributed by atoms with Gasteiger partial charge in [-0.05, 0) is 61.5 Å². The third kappa shape index (κ3) is 3.54. The molecule has 3 atom stereocenters. The first-order valence-corrected chi connectivity index (χ1v) is 10.5. The minimum Gasteiger partial charge on any atom is -0.376 e. The van der Waals surface area contributed by atoms with Gasteiger partial charge in [0.2, 0.25) is 0 Å². The summed E-state index contributed by atoms with van der Waals surface area (Å²) < 4.78 is 8.18. The van der Waals surface area contributed by atoms with E-state index in [0.29, 0.717) is 0 Å². The van der Waals surface area contributed by atoms with E-state index in [9.17, 15) is 0 Å². The third-order valence-electron chi connectivity index (χ3n) is 5.74. The number of benzene rings is 1. The molecule has 0 amide bonds. The molecule has 5 nitrogen and oxygen atoms in total. The largest absolute Gasteiger partial charge is 0.376 e. The van der Waals surface area contributed by atoms with E-state index in [1.54, 1.807) is 0 Å². The first kappa shape index (κ1) is 18.3. The molecule has 0 aliphatic carbocycles. The number of hydrogen-bond acceptors (Lipinski definition) is 3. The van der Waals surface area contributed by atoms with Crippen molar-refractivity contribution < 1.29 is 4.74 Å². The fraction of sp³-hybridized carbons (Fsp3) is 0.304. The van der Waals surface area contributed by atoms with E-state index in [1.807, 2.05) is 24.4 Å². The quantitative estimate of drug-likeness (QED) is 0.651. The van der Waals surface area contributed by atoms with Gasteiger partial charge in [-0.25, -0.2) is 0 Å². The summed E-state index contributed by atoms with van der Waals surface area (Å²) in [5.74, 6) is 0. The van der Waals surface area contributed by atoms with Gasteiger partial charge in [0.15, 0.2) is 5.11 Å². The van der Waals surface area contributed by atoms with Crippen molar-refractivity contribution in [3.63, 3.8) is 0 Å². The number of para-hydroxylation sites is 1. The van der Waals surface area contributed by atoms with E-state index in [2.05, 4.69) is 68.4 Å². The Labute approximate surface area is 176 Å². The van der Waals surface area contributed by atoms with Crippen LogP contribution in [-0.2, 0) is 4.74 Å². The van der Waals surface area contributed by atoms with Crippen LogP contribution in [0.1, 0.15) is 36.3 Å². The van der Waals surface area contributed by atoms with Crippen molar-refractivity contribution in [2.75, 3.05) is 13.2 Å². The molecular weight excluding hydrogens is 380 g/mol. The van der Waals surface area contributed by atoms with Gasteiger partial charge in [0.25, 0.3) is 0 Å². The summed E-state index contributed by atoms with van der Waals surface area (Å²) in [6.07, 6.45) is 6.38. The van der Waals surface area contributed by atoms with Crippen molar-refractivity contribution in [3.8, 4) is 5.69 Å². The second kappa shape index (κ2) is 7.97. The van der Waals surface area contributed by atoms with E-state index in [4.69, 9.17) is 17.0 Å². The molecule has 1 N–H and O–H groups in total. The molecule has 4 heterocycles. The molecule has 5 rings (SSSR count). The average molecular weight is 405 g/mol. The number of nitrogens with one attached hydrogen (secondary N) is 1. The van der Waals surface area contributed by atoms with Crippen molar-refractivity contribution >= 4 is 17.3 Å². The minimum absolute atomic E-state index is 0.0116. The monoisotopic (exact) mass is 404 g/mol. The van der Waals surface area contributed by atoms with Crippen LogP contribution in [0.2, 0.25) is 0 Å². The Balaban J connectivity index is 1.57. The SMILES string of the molecule is S=C1NC(c2ccccn2)C(c2cccn2-c2ccccc2)N1CC1CCCO1. The van der Waals surface area contributed by atoms with Gasteiger partial charge < -0.3 is 19.5 Å². The summed E-state index contributed by atoms with van der Waals surface area (Å²) in [6.45, 7) is 1.63. The maximum atomic E-state index is 5.93. The van der Waals surface area contributed by atoms with Gasteiger partial charge >= 0.3 is 0 Å². The second-order valence-corrected chi connectivity index (χ2v) is 7.94. The lowest BCUT2D eigenvalue weighted by Crippen LogP contribution is -2.36. The number of thiocarbonyl (C=S) groups is 1. The van der Waals surface area contributed by atoms with Crippen LogP contribution in [0.15, 0.2) is 73.1 Å². The number of aromatic nitrogens is 2. The number of pyridine rings is 1. The number of rotatable bonds is 5. The molecule has 2 aromatic heterocycles. The van der Waals surface area contributed by atoms with Crippen molar-refractivity contribution in [1.29, 1.82) is 0 Å². The molecular formula is C23H24N4OS. The van der Waals surface area contributed by atoms with Gasteiger partial charge in [-0.1, -0.05) is 24.3 Å². The zero-order valence-electron chi connectivity index (χ0n) is 16.1. The van der Waals surface area contributed by atoms with Gasteiger partial charge in [0.1, 0.15) is 0 Å². The maximum absolute atomic E-state index is 5.93. The van der Waals surface area contributed by atoms with E-state index in [-0.39, 0.29) is 18.2 Å². The first-order valence-electron chi connectivity index (χ1n) is 10.1. The number of nitrogens with zero attached hydrogens (tertiary/aromatic N) is 3. The topological polar surface area (TPSA) is 42.3 Å². The summed E-state index contributed by atoms with van der Waals surface area (Å²) in [6, 6.07) is 20.8. The lowest BCUT2D eigenvalue weighted by molar-refractivity contribution is 0.0836. The fourth-order valence-corrected chi connectivity index (χ4v) is 4.71. The van der Waals surface area contributed by atoms with E-state index >= 15 is 0 Å². The Morgan fingerprint density at radius 3 is 2.69 bits per heavy atom. The maximum Gasteiger partial charge on any atom is 0.170 e. The Bertz CT molecular complexity index is 969. The van der Waals surface area contributed by atoms with E-state index in [0.717, 1.165) is 42.5 Å². The van der Waals surface area contributed by atoms with Gasteiger partial charge in [0.05, 0.1) is 23.9 Å². The second-order valence-electron chi connectivity index (χ2n) is 7.55. The number of hydrogen-bond donors (Lipinski definition) is 1. The molecule has 2 saturated heterocycles.